The Kier molecular flexibility index (Phi) is 8.31. The minimum Gasteiger partial charge on any atom is -0.493 e. The van der Waals surface area contributed by atoms with E-state index in [-0.39, 0.29) is 6.10 Å². The topological polar surface area (TPSA) is 67.8 Å². The molecule has 0 saturated carbocycles. The van der Waals surface area contributed by atoms with Crippen molar-refractivity contribution in [1.29, 1.82) is 0 Å². The van der Waals surface area contributed by atoms with Gasteiger partial charge in [-0.3, -0.25) is 5.32 Å². The lowest BCUT2D eigenvalue weighted by Crippen LogP contribution is -2.17. The van der Waals surface area contributed by atoms with Crippen molar-refractivity contribution in [1.82, 2.24) is 0 Å². The molecule has 0 aliphatic heterocycles. The van der Waals surface area contributed by atoms with Gasteiger partial charge in [0.2, 0.25) is 0 Å². The zero-order valence-electron chi connectivity index (χ0n) is 14.9. The van der Waals surface area contributed by atoms with E-state index in [4.69, 9.17) is 14.6 Å². The quantitative estimate of drug-likeness (QED) is 0.542. The first-order chi connectivity index (χ1) is 12.6. The van der Waals surface area contributed by atoms with E-state index in [0.717, 1.165) is 24.2 Å². The molecule has 0 aliphatic carbocycles. The van der Waals surface area contributed by atoms with E-state index in [9.17, 15) is 4.79 Å². The van der Waals surface area contributed by atoms with Crippen LogP contribution < -0.4 is 10.1 Å². The number of amides is 1. The largest absolute Gasteiger partial charge is 0.493 e. The summed E-state index contributed by atoms with van der Waals surface area (Å²) in [4.78, 5) is 10.6. The number of ether oxygens (including phenoxy) is 2. The first-order valence-electron chi connectivity index (χ1n) is 8.63. The molecule has 2 N–H and O–H groups in total. The van der Waals surface area contributed by atoms with Crippen molar-refractivity contribution in [2.75, 3.05) is 24.3 Å². The molecule has 1 unspecified atom stereocenters. The highest BCUT2D eigenvalue weighted by Crippen LogP contribution is 2.16. The molecular weight excluding hydrogens is 350 g/mol. The number of hydrogen-bond acceptors (Lipinski definition) is 4. The van der Waals surface area contributed by atoms with E-state index in [1.54, 1.807) is 12.1 Å². The lowest BCUT2D eigenvalue weighted by molar-refractivity contribution is 0.0804. The van der Waals surface area contributed by atoms with Crippen LogP contribution >= 0.6 is 12.6 Å². The molecule has 0 radical (unpaired) electrons. The molecule has 0 spiro atoms. The van der Waals surface area contributed by atoms with E-state index in [1.165, 1.54) is 5.56 Å². The number of benzene rings is 2. The van der Waals surface area contributed by atoms with Crippen molar-refractivity contribution >= 4 is 24.4 Å². The predicted molar refractivity (Wildman–Crippen MR) is 107 cm³/mol. The maximum absolute atomic E-state index is 10.6. The molecule has 0 aliphatic rings. The maximum atomic E-state index is 10.6. The number of rotatable bonds is 10. The SMILES string of the molecule is CCOC(CS)Cc1ccc(OCCc2ccc(NC(=O)O)cc2)cc1. The Hall–Kier alpha value is -2.18. The summed E-state index contributed by atoms with van der Waals surface area (Å²) in [5.41, 5.74) is 2.85. The Balaban J connectivity index is 1.78. The summed E-state index contributed by atoms with van der Waals surface area (Å²) in [6.45, 7) is 3.24. The molecule has 1 atom stereocenters. The third-order valence-electron chi connectivity index (χ3n) is 3.86. The lowest BCUT2D eigenvalue weighted by atomic mass is 10.1. The minimum absolute atomic E-state index is 0.133. The van der Waals surface area contributed by atoms with Crippen molar-refractivity contribution in [3.05, 3.63) is 59.7 Å². The lowest BCUT2D eigenvalue weighted by Gasteiger charge is -2.14. The standard InChI is InChI=1S/C20H25NO4S/c1-2-24-19(14-26)13-16-5-9-18(10-6-16)25-12-11-15-3-7-17(8-4-15)21-20(22)23/h3-10,19,21,26H,2,11-14H2,1H3,(H,22,23). The van der Waals surface area contributed by atoms with Gasteiger partial charge in [0.1, 0.15) is 5.75 Å². The second kappa shape index (κ2) is 10.7. The van der Waals surface area contributed by atoms with Gasteiger partial charge in [0.05, 0.1) is 12.7 Å². The van der Waals surface area contributed by atoms with Crippen LogP contribution in [0, 0.1) is 0 Å². The van der Waals surface area contributed by atoms with Gasteiger partial charge in [-0.2, -0.15) is 12.6 Å². The molecule has 6 heteroatoms. The molecule has 0 heterocycles. The van der Waals surface area contributed by atoms with Crippen LogP contribution in [0.25, 0.3) is 0 Å². The fourth-order valence-electron chi connectivity index (χ4n) is 2.56. The Morgan fingerprint density at radius 2 is 1.77 bits per heavy atom. The molecule has 140 valence electrons. The van der Waals surface area contributed by atoms with Crippen molar-refractivity contribution in [3.63, 3.8) is 0 Å². The highest BCUT2D eigenvalue weighted by Gasteiger charge is 2.07. The molecule has 26 heavy (non-hydrogen) atoms. The van der Waals surface area contributed by atoms with Gasteiger partial charge in [-0.25, -0.2) is 4.79 Å². The van der Waals surface area contributed by atoms with Gasteiger partial charge in [-0.05, 0) is 48.7 Å². The highest BCUT2D eigenvalue weighted by atomic mass is 32.1. The van der Waals surface area contributed by atoms with Gasteiger partial charge in [-0.1, -0.05) is 24.3 Å². The molecular formula is C20H25NO4S. The van der Waals surface area contributed by atoms with Crippen molar-refractivity contribution in [3.8, 4) is 5.75 Å². The van der Waals surface area contributed by atoms with Crippen LogP contribution in [0.4, 0.5) is 10.5 Å². The molecule has 0 saturated heterocycles. The average molecular weight is 375 g/mol. The van der Waals surface area contributed by atoms with Crippen molar-refractivity contribution in [2.45, 2.75) is 25.9 Å². The van der Waals surface area contributed by atoms with E-state index in [2.05, 4.69) is 30.1 Å². The van der Waals surface area contributed by atoms with Crippen molar-refractivity contribution < 1.29 is 19.4 Å². The van der Waals surface area contributed by atoms with E-state index >= 15 is 0 Å². The number of thiol groups is 1. The monoisotopic (exact) mass is 375 g/mol. The van der Waals surface area contributed by atoms with Crippen LogP contribution in [-0.4, -0.2) is 36.3 Å². The molecule has 5 nitrogen and oxygen atoms in total. The molecule has 2 rings (SSSR count). The minimum atomic E-state index is -1.06. The highest BCUT2D eigenvalue weighted by molar-refractivity contribution is 7.80. The number of anilines is 1. The first kappa shape index (κ1) is 20.1. The molecule has 0 bridgehead atoms. The summed E-state index contributed by atoms with van der Waals surface area (Å²) in [5, 5.41) is 11.0. The van der Waals surface area contributed by atoms with Gasteiger partial charge in [0, 0.05) is 24.5 Å². The predicted octanol–water partition coefficient (Wildman–Crippen LogP) is 4.28. The fourth-order valence-corrected chi connectivity index (χ4v) is 2.80. The summed E-state index contributed by atoms with van der Waals surface area (Å²) in [7, 11) is 0. The van der Waals surface area contributed by atoms with Crippen LogP contribution in [0.1, 0.15) is 18.1 Å². The first-order valence-corrected chi connectivity index (χ1v) is 9.27. The molecule has 0 aromatic heterocycles. The van der Waals surface area contributed by atoms with Gasteiger partial charge in [0.15, 0.2) is 0 Å². The average Bonchev–Trinajstić information content (AvgIpc) is 2.64. The Morgan fingerprint density at radius 3 is 2.35 bits per heavy atom. The smallest absolute Gasteiger partial charge is 0.409 e. The summed E-state index contributed by atoms with van der Waals surface area (Å²) in [6.07, 6.45) is 0.662. The Morgan fingerprint density at radius 1 is 1.12 bits per heavy atom. The van der Waals surface area contributed by atoms with Crippen LogP contribution in [-0.2, 0) is 17.6 Å². The third-order valence-corrected chi connectivity index (χ3v) is 4.26. The second-order valence-electron chi connectivity index (χ2n) is 5.83. The van der Waals surface area contributed by atoms with Crippen LogP contribution in [0.2, 0.25) is 0 Å². The number of carboxylic acid groups (broad SMARTS) is 1. The number of carbonyl (C=O) groups is 1. The Bertz CT molecular complexity index is 673. The van der Waals surface area contributed by atoms with Gasteiger partial charge in [-0.15, -0.1) is 0 Å². The fraction of sp³-hybridized carbons (Fsp3) is 0.350. The molecule has 2 aromatic rings. The second-order valence-corrected chi connectivity index (χ2v) is 6.20. The normalized spacial score (nSPS) is 11.8. The summed E-state index contributed by atoms with van der Waals surface area (Å²) in [5.74, 6) is 1.53. The van der Waals surface area contributed by atoms with Gasteiger partial charge >= 0.3 is 6.09 Å². The third kappa shape index (κ3) is 6.98. The number of hydrogen-bond donors (Lipinski definition) is 3. The zero-order valence-corrected chi connectivity index (χ0v) is 15.7. The Labute approximate surface area is 159 Å². The van der Waals surface area contributed by atoms with Gasteiger partial charge in [0.25, 0.3) is 0 Å². The molecule has 0 fully saturated rings. The molecule has 2 aromatic carbocycles. The van der Waals surface area contributed by atoms with Crippen LogP contribution in [0.15, 0.2) is 48.5 Å². The summed E-state index contributed by atoms with van der Waals surface area (Å²) in [6, 6.07) is 15.3. The number of nitrogens with one attached hydrogen (secondary N) is 1. The van der Waals surface area contributed by atoms with Crippen LogP contribution in [0.5, 0.6) is 5.75 Å². The van der Waals surface area contributed by atoms with Crippen molar-refractivity contribution in [2.24, 2.45) is 0 Å². The molecule has 1 amide bonds. The van der Waals surface area contributed by atoms with E-state index in [1.807, 2.05) is 31.2 Å². The van der Waals surface area contributed by atoms with Gasteiger partial charge < -0.3 is 14.6 Å². The summed E-state index contributed by atoms with van der Waals surface area (Å²) >= 11 is 4.32. The summed E-state index contributed by atoms with van der Waals surface area (Å²) < 4.78 is 11.4. The van der Waals surface area contributed by atoms with Crippen LogP contribution in [0.3, 0.4) is 0 Å². The van der Waals surface area contributed by atoms with E-state index < -0.39 is 6.09 Å². The zero-order chi connectivity index (χ0) is 18.8. The van der Waals surface area contributed by atoms with E-state index in [0.29, 0.717) is 24.7 Å². The maximum Gasteiger partial charge on any atom is 0.409 e.